The fourth-order valence-corrected chi connectivity index (χ4v) is 3.20. The Bertz CT molecular complexity index is 636. The maximum absolute atomic E-state index is 10.6. The first kappa shape index (κ1) is 16.9. The van der Waals surface area contributed by atoms with E-state index in [1.807, 2.05) is 31.2 Å². The monoisotopic (exact) mass is 327 g/mol. The van der Waals surface area contributed by atoms with Gasteiger partial charge in [-0.3, -0.25) is 9.97 Å². The maximum atomic E-state index is 10.6. The molecule has 0 amide bonds. The van der Waals surface area contributed by atoms with Crippen LogP contribution in [0.2, 0.25) is 0 Å². The predicted molar refractivity (Wildman–Crippen MR) is 93.0 cm³/mol. The zero-order chi connectivity index (χ0) is 16.8. The van der Waals surface area contributed by atoms with Crippen LogP contribution >= 0.6 is 0 Å². The second kappa shape index (κ2) is 8.22. The minimum absolute atomic E-state index is 0.0604. The Labute approximate surface area is 143 Å². The molecule has 24 heavy (non-hydrogen) atoms. The molecule has 1 aromatic carbocycles. The van der Waals surface area contributed by atoms with Crippen LogP contribution in [0.25, 0.3) is 0 Å². The third-order valence-corrected chi connectivity index (χ3v) is 4.48. The van der Waals surface area contributed by atoms with Crippen LogP contribution in [0.15, 0.2) is 42.9 Å². The molecular weight excluding hydrogens is 302 g/mol. The van der Waals surface area contributed by atoms with Gasteiger partial charge in [0.15, 0.2) is 0 Å². The molecular formula is C19H25N3O2. The van der Waals surface area contributed by atoms with Crippen molar-refractivity contribution in [3.05, 3.63) is 54.1 Å². The van der Waals surface area contributed by atoms with E-state index >= 15 is 0 Å². The summed E-state index contributed by atoms with van der Waals surface area (Å²) in [6, 6.07) is 8.05. The predicted octanol–water partition coefficient (Wildman–Crippen LogP) is 2.28. The molecule has 1 saturated carbocycles. The SMILES string of the molecule is Cc1cccc(O[C@@H]2CCC[C@H](NCCc3cnccn3)[C@H]2O)c1. The lowest BCUT2D eigenvalue weighted by atomic mass is 9.89. The third kappa shape index (κ3) is 4.52. The number of hydrogen-bond donors (Lipinski definition) is 2. The summed E-state index contributed by atoms with van der Waals surface area (Å²) < 4.78 is 6.03. The number of ether oxygens (including phenoxy) is 1. The average molecular weight is 327 g/mol. The van der Waals surface area contributed by atoms with Gasteiger partial charge in [0.1, 0.15) is 18.0 Å². The highest BCUT2D eigenvalue weighted by Gasteiger charge is 2.32. The van der Waals surface area contributed by atoms with Gasteiger partial charge < -0.3 is 15.2 Å². The van der Waals surface area contributed by atoms with Gasteiger partial charge in [0.2, 0.25) is 0 Å². The van der Waals surface area contributed by atoms with E-state index in [2.05, 4.69) is 15.3 Å². The summed E-state index contributed by atoms with van der Waals surface area (Å²) in [5, 5.41) is 14.1. The Morgan fingerprint density at radius 3 is 3.00 bits per heavy atom. The van der Waals surface area contributed by atoms with Crippen molar-refractivity contribution in [2.45, 2.75) is 50.9 Å². The molecule has 3 atom stereocenters. The smallest absolute Gasteiger partial charge is 0.126 e. The number of aryl methyl sites for hydroxylation is 1. The molecule has 1 heterocycles. The Balaban J connectivity index is 1.51. The van der Waals surface area contributed by atoms with Gasteiger partial charge >= 0.3 is 0 Å². The molecule has 2 aromatic rings. The van der Waals surface area contributed by atoms with Crippen molar-refractivity contribution in [2.24, 2.45) is 0 Å². The van der Waals surface area contributed by atoms with E-state index in [9.17, 15) is 5.11 Å². The first-order valence-electron chi connectivity index (χ1n) is 8.62. The number of hydrogen-bond acceptors (Lipinski definition) is 5. The molecule has 0 spiro atoms. The van der Waals surface area contributed by atoms with Crippen LogP contribution in [0.3, 0.4) is 0 Å². The van der Waals surface area contributed by atoms with Gasteiger partial charge in [-0.1, -0.05) is 12.1 Å². The second-order valence-corrected chi connectivity index (χ2v) is 6.40. The largest absolute Gasteiger partial charge is 0.488 e. The van der Waals surface area contributed by atoms with Crippen LogP contribution in [-0.2, 0) is 6.42 Å². The first-order valence-corrected chi connectivity index (χ1v) is 8.62. The second-order valence-electron chi connectivity index (χ2n) is 6.40. The Hall–Kier alpha value is -1.98. The minimum atomic E-state index is -0.499. The molecule has 1 aliphatic carbocycles. The molecule has 5 nitrogen and oxygen atoms in total. The molecule has 1 fully saturated rings. The highest BCUT2D eigenvalue weighted by atomic mass is 16.5. The van der Waals surface area contributed by atoms with Gasteiger partial charge in [-0.2, -0.15) is 0 Å². The van der Waals surface area contributed by atoms with E-state index in [-0.39, 0.29) is 12.1 Å². The number of rotatable bonds is 6. The van der Waals surface area contributed by atoms with E-state index in [1.165, 1.54) is 0 Å². The Kier molecular flexibility index (Phi) is 5.77. The highest BCUT2D eigenvalue weighted by molar-refractivity contribution is 5.27. The van der Waals surface area contributed by atoms with Crippen molar-refractivity contribution in [1.82, 2.24) is 15.3 Å². The summed E-state index contributed by atoms with van der Waals surface area (Å²) in [6.07, 6.45) is 8.22. The molecule has 2 N–H and O–H groups in total. The standard InChI is InChI=1S/C19H25N3O2/c1-14-4-2-5-16(12-14)24-18-7-3-6-17(19(18)23)22-9-8-15-13-20-10-11-21-15/h2,4-5,10-13,17-19,22-23H,3,6-9H2,1H3/t17-,18+,19+/m0/s1. The number of nitrogens with zero attached hydrogens (tertiary/aromatic N) is 2. The van der Waals surface area contributed by atoms with Crippen LogP contribution in [-0.4, -0.2) is 39.9 Å². The van der Waals surface area contributed by atoms with Gasteiger partial charge in [-0.25, -0.2) is 0 Å². The molecule has 0 radical (unpaired) electrons. The quantitative estimate of drug-likeness (QED) is 0.852. The molecule has 128 valence electrons. The van der Waals surface area contributed by atoms with Crippen molar-refractivity contribution in [2.75, 3.05) is 6.54 Å². The minimum Gasteiger partial charge on any atom is -0.488 e. The molecule has 0 bridgehead atoms. The van der Waals surface area contributed by atoms with Crippen molar-refractivity contribution in [3.8, 4) is 5.75 Å². The maximum Gasteiger partial charge on any atom is 0.126 e. The van der Waals surface area contributed by atoms with Gasteiger partial charge in [-0.05, 0) is 43.9 Å². The molecule has 1 aliphatic rings. The van der Waals surface area contributed by atoms with Gasteiger partial charge in [0.25, 0.3) is 0 Å². The number of aromatic nitrogens is 2. The van der Waals surface area contributed by atoms with Crippen LogP contribution in [0.5, 0.6) is 5.75 Å². The van der Waals surface area contributed by atoms with Crippen LogP contribution in [0.4, 0.5) is 0 Å². The van der Waals surface area contributed by atoms with E-state index in [4.69, 9.17) is 4.74 Å². The Morgan fingerprint density at radius 2 is 2.21 bits per heavy atom. The summed E-state index contributed by atoms with van der Waals surface area (Å²) in [4.78, 5) is 8.34. The lowest BCUT2D eigenvalue weighted by Crippen LogP contribution is -2.51. The normalized spacial score (nSPS) is 23.8. The van der Waals surface area contributed by atoms with E-state index < -0.39 is 6.10 Å². The zero-order valence-electron chi connectivity index (χ0n) is 14.1. The molecule has 0 aliphatic heterocycles. The summed E-state index contributed by atoms with van der Waals surface area (Å²) in [7, 11) is 0. The van der Waals surface area contributed by atoms with Crippen LogP contribution in [0, 0.1) is 6.92 Å². The van der Waals surface area contributed by atoms with Crippen molar-refractivity contribution >= 4 is 0 Å². The highest BCUT2D eigenvalue weighted by Crippen LogP contribution is 2.25. The summed E-state index contributed by atoms with van der Waals surface area (Å²) >= 11 is 0. The van der Waals surface area contributed by atoms with Gasteiger partial charge in [0.05, 0.1) is 5.69 Å². The van der Waals surface area contributed by atoms with Gasteiger partial charge in [0, 0.05) is 37.6 Å². The number of benzene rings is 1. The lowest BCUT2D eigenvalue weighted by Gasteiger charge is -2.35. The number of aliphatic hydroxyl groups excluding tert-OH is 1. The Morgan fingerprint density at radius 1 is 1.29 bits per heavy atom. The molecule has 3 rings (SSSR count). The van der Waals surface area contributed by atoms with E-state index in [0.717, 1.165) is 49.2 Å². The van der Waals surface area contributed by atoms with Crippen LogP contribution < -0.4 is 10.1 Å². The fraction of sp³-hybridized carbons (Fsp3) is 0.474. The molecule has 5 heteroatoms. The number of nitrogens with one attached hydrogen (secondary N) is 1. The van der Waals surface area contributed by atoms with Crippen LogP contribution in [0.1, 0.15) is 30.5 Å². The molecule has 0 saturated heterocycles. The third-order valence-electron chi connectivity index (χ3n) is 4.48. The zero-order valence-corrected chi connectivity index (χ0v) is 14.1. The van der Waals surface area contributed by atoms with Crippen molar-refractivity contribution < 1.29 is 9.84 Å². The summed E-state index contributed by atoms with van der Waals surface area (Å²) in [5.41, 5.74) is 2.12. The van der Waals surface area contributed by atoms with E-state index in [0.29, 0.717) is 0 Å². The topological polar surface area (TPSA) is 67.3 Å². The average Bonchev–Trinajstić information content (AvgIpc) is 2.59. The van der Waals surface area contributed by atoms with Gasteiger partial charge in [-0.15, -0.1) is 0 Å². The van der Waals surface area contributed by atoms with Crippen molar-refractivity contribution in [1.29, 1.82) is 0 Å². The first-order chi connectivity index (χ1) is 11.7. The van der Waals surface area contributed by atoms with Crippen molar-refractivity contribution in [3.63, 3.8) is 0 Å². The fourth-order valence-electron chi connectivity index (χ4n) is 3.20. The molecule has 0 unspecified atom stereocenters. The summed E-state index contributed by atoms with van der Waals surface area (Å²) in [5.74, 6) is 0.833. The number of aliphatic hydroxyl groups is 1. The molecule has 1 aromatic heterocycles. The lowest BCUT2D eigenvalue weighted by molar-refractivity contribution is -0.0151. The van der Waals surface area contributed by atoms with E-state index in [1.54, 1.807) is 18.6 Å². The summed E-state index contributed by atoms with van der Waals surface area (Å²) in [6.45, 7) is 2.82.